The maximum atomic E-state index is 13.4. The number of aliphatic hydroxyl groups excluding tert-OH is 1. The molecular weight excluding hydrogens is 540 g/mol. The summed E-state index contributed by atoms with van der Waals surface area (Å²) in [6.07, 6.45) is 0.179. The van der Waals surface area contributed by atoms with Crippen LogP contribution in [-0.2, 0) is 35.1 Å². The van der Waals surface area contributed by atoms with Gasteiger partial charge in [-0.1, -0.05) is 58.0 Å². The zero-order valence-electron chi connectivity index (χ0n) is 25.9. The van der Waals surface area contributed by atoms with Crippen LogP contribution < -0.4 is 21.3 Å². The van der Waals surface area contributed by atoms with E-state index in [0.717, 1.165) is 5.56 Å². The third-order valence-corrected chi connectivity index (χ3v) is 7.10. The predicted molar refractivity (Wildman–Crippen MR) is 158 cm³/mol. The molecule has 0 radical (unpaired) electrons. The molecule has 0 bridgehead atoms. The average molecular weight is 589 g/mol. The highest BCUT2D eigenvalue weighted by Gasteiger charge is 2.50. The summed E-state index contributed by atoms with van der Waals surface area (Å²) >= 11 is 0. The van der Waals surface area contributed by atoms with Crippen molar-refractivity contribution in [1.82, 2.24) is 21.3 Å². The zero-order chi connectivity index (χ0) is 31.6. The Labute approximate surface area is 248 Å². The fourth-order valence-corrected chi connectivity index (χ4v) is 4.69. The van der Waals surface area contributed by atoms with Crippen molar-refractivity contribution in [3.05, 3.63) is 35.9 Å². The number of hydrogen-bond acceptors (Lipinski definition) is 7. The van der Waals surface area contributed by atoms with Gasteiger partial charge in [0.25, 0.3) is 0 Å². The zero-order valence-corrected chi connectivity index (χ0v) is 25.9. The van der Waals surface area contributed by atoms with E-state index >= 15 is 0 Å². The van der Waals surface area contributed by atoms with Gasteiger partial charge in [-0.05, 0) is 56.9 Å². The summed E-state index contributed by atoms with van der Waals surface area (Å²) < 4.78 is 5.28. The summed E-state index contributed by atoms with van der Waals surface area (Å²) in [5.41, 5.74) is 0.0491. The third-order valence-electron chi connectivity index (χ3n) is 7.10. The number of amides is 4. The monoisotopic (exact) mass is 588 g/mol. The molecule has 0 unspecified atom stereocenters. The van der Waals surface area contributed by atoms with Gasteiger partial charge in [-0.15, -0.1) is 0 Å². The van der Waals surface area contributed by atoms with Gasteiger partial charge in [-0.25, -0.2) is 0 Å². The van der Waals surface area contributed by atoms with Gasteiger partial charge in [0.05, 0.1) is 18.8 Å². The molecule has 1 aromatic rings. The second kappa shape index (κ2) is 15.8. The van der Waals surface area contributed by atoms with E-state index in [2.05, 4.69) is 21.3 Å². The first-order chi connectivity index (χ1) is 19.6. The lowest BCUT2D eigenvalue weighted by molar-refractivity contribution is -0.137. The van der Waals surface area contributed by atoms with Crippen LogP contribution in [0.1, 0.15) is 73.3 Å². The molecular formula is C31H48N4O7. The molecule has 1 heterocycles. The number of benzene rings is 1. The largest absolute Gasteiger partial charge is 0.391 e. The van der Waals surface area contributed by atoms with Gasteiger partial charge in [0.15, 0.2) is 5.78 Å². The number of carbonyl (C=O) groups excluding carboxylic acids is 5. The lowest BCUT2D eigenvalue weighted by Gasteiger charge is -2.28. The highest BCUT2D eigenvalue weighted by atomic mass is 16.6. The Morgan fingerprint density at radius 3 is 1.83 bits per heavy atom. The molecule has 1 fully saturated rings. The van der Waals surface area contributed by atoms with Crippen LogP contribution in [0.25, 0.3) is 0 Å². The highest BCUT2D eigenvalue weighted by molar-refractivity contribution is 5.98. The number of ether oxygens (including phenoxy) is 1. The first kappa shape index (κ1) is 34.9. The van der Waals surface area contributed by atoms with Crippen LogP contribution >= 0.6 is 0 Å². The standard InChI is InChI=1S/C31H48N4O7/c1-18(2)15-24(27(38)31(7)17-42-31)33-30(41)26(20(5)36)35-29(40)25(16-19(3)4)34-28(39)23(32-21(6)37)14-13-22-11-9-8-10-12-22/h8-12,18-20,23-26,36H,13-17H2,1-7H3,(H,32,37)(H,33,41)(H,34,39)(H,35,40)/t20-,23+,24+,25+,26+,31-/m1/s1. The van der Waals surface area contributed by atoms with Crippen LogP contribution in [0.4, 0.5) is 0 Å². The van der Waals surface area contributed by atoms with Crippen molar-refractivity contribution in [1.29, 1.82) is 0 Å². The summed E-state index contributed by atoms with van der Waals surface area (Å²) in [7, 11) is 0. The van der Waals surface area contributed by atoms with Crippen LogP contribution in [0, 0.1) is 11.8 Å². The SMILES string of the molecule is CC(=O)N[C@@H](CCc1ccccc1)C(=O)N[C@@H](CC(C)C)C(=O)N[C@H](C(=O)N[C@@H](CC(C)C)C(=O)[C@@]1(C)CO1)[C@@H](C)O. The van der Waals surface area contributed by atoms with Crippen LogP contribution in [0.3, 0.4) is 0 Å². The Hall–Kier alpha value is -3.31. The van der Waals surface area contributed by atoms with E-state index in [-0.39, 0.29) is 36.6 Å². The number of epoxide rings is 1. The number of aryl methyl sites for hydroxylation is 1. The van der Waals surface area contributed by atoms with E-state index < -0.39 is 53.6 Å². The molecule has 1 saturated heterocycles. The van der Waals surface area contributed by atoms with E-state index in [0.29, 0.717) is 19.3 Å². The minimum Gasteiger partial charge on any atom is -0.391 e. The van der Waals surface area contributed by atoms with Gasteiger partial charge in [0, 0.05) is 6.92 Å². The first-order valence-corrected chi connectivity index (χ1v) is 14.7. The van der Waals surface area contributed by atoms with E-state index in [1.807, 2.05) is 58.0 Å². The summed E-state index contributed by atoms with van der Waals surface area (Å²) in [5, 5.41) is 21.1. The van der Waals surface area contributed by atoms with Crippen LogP contribution in [0.2, 0.25) is 0 Å². The molecule has 11 nitrogen and oxygen atoms in total. The molecule has 0 aromatic heterocycles. The van der Waals surface area contributed by atoms with Crippen LogP contribution in [0.5, 0.6) is 0 Å². The highest BCUT2D eigenvalue weighted by Crippen LogP contribution is 2.29. The van der Waals surface area contributed by atoms with E-state index in [1.165, 1.54) is 13.8 Å². The number of carbonyl (C=O) groups is 5. The number of Topliss-reactive ketones (excluding diaryl/α,β-unsaturated/α-hetero) is 1. The maximum absolute atomic E-state index is 13.4. The van der Waals surface area contributed by atoms with E-state index in [4.69, 9.17) is 4.74 Å². The maximum Gasteiger partial charge on any atom is 0.245 e. The van der Waals surface area contributed by atoms with Crippen molar-refractivity contribution in [2.75, 3.05) is 6.61 Å². The Morgan fingerprint density at radius 2 is 1.33 bits per heavy atom. The molecule has 42 heavy (non-hydrogen) atoms. The van der Waals surface area contributed by atoms with Gasteiger partial charge in [-0.3, -0.25) is 24.0 Å². The molecule has 234 valence electrons. The molecule has 6 atom stereocenters. The number of nitrogens with one attached hydrogen (secondary N) is 4. The summed E-state index contributed by atoms with van der Waals surface area (Å²) in [5.74, 6) is -2.46. The van der Waals surface area contributed by atoms with Crippen molar-refractivity contribution in [2.45, 2.75) is 110 Å². The molecule has 0 saturated carbocycles. The van der Waals surface area contributed by atoms with E-state index in [1.54, 1.807) is 6.92 Å². The summed E-state index contributed by atoms with van der Waals surface area (Å²) in [6, 6.07) is 5.39. The molecule has 0 spiro atoms. The predicted octanol–water partition coefficient (Wildman–Crippen LogP) is 1.41. The van der Waals surface area contributed by atoms with Crippen molar-refractivity contribution >= 4 is 29.4 Å². The molecule has 1 aliphatic heterocycles. The van der Waals surface area contributed by atoms with E-state index in [9.17, 15) is 29.1 Å². The molecule has 1 aliphatic rings. The molecule has 1 aromatic carbocycles. The van der Waals surface area contributed by atoms with Crippen molar-refractivity contribution in [3.63, 3.8) is 0 Å². The summed E-state index contributed by atoms with van der Waals surface area (Å²) in [4.78, 5) is 64.8. The molecule has 2 rings (SSSR count). The average Bonchev–Trinajstić information content (AvgIpc) is 3.66. The van der Waals surface area contributed by atoms with Gasteiger partial charge in [0.2, 0.25) is 23.6 Å². The number of ketones is 1. The second-order valence-corrected chi connectivity index (χ2v) is 12.3. The van der Waals surface area contributed by atoms with Gasteiger partial charge in [0.1, 0.15) is 23.7 Å². The summed E-state index contributed by atoms with van der Waals surface area (Å²) in [6.45, 7) is 12.2. The van der Waals surface area contributed by atoms with Crippen molar-refractivity contribution in [2.24, 2.45) is 11.8 Å². The minimum atomic E-state index is -1.37. The fourth-order valence-electron chi connectivity index (χ4n) is 4.69. The fraction of sp³-hybridized carbons (Fsp3) is 0.645. The number of aliphatic hydroxyl groups is 1. The Bertz CT molecular complexity index is 1090. The second-order valence-electron chi connectivity index (χ2n) is 12.3. The van der Waals surface area contributed by atoms with Gasteiger partial charge >= 0.3 is 0 Å². The lowest BCUT2D eigenvalue weighted by atomic mass is 9.93. The van der Waals surface area contributed by atoms with Crippen LogP contribution in [0.15, 0.2) is 30.3 Å². The first-order valence-electron chi connectivity index (χ1n) is 14.7. The van der Waals surface area contributed by atoms with Gasteiger partial charge in [-0.2, -0.15) is 0 Å². The molecule has 11 heteroatoms. The Morgan fingerprint density at radius 1 is 0.810 bits per heavy atom. The number of hydrogen-bond donors (Lipinski definition) is 5. The minimum absolute atomic E-state index is 0.00394. The molecule has 0 aliphatic carbocycles. The molecule has 4 amide bonds. The van der Waals surface area contributed by atoms with Crippen LogP contribution in [-0.4, -0.2) is 77.0 Å². The lowest BCUT2D eigenvalue weighted by Crippen LogP contribution is -2.60. The van der Waals surface area contributed by atoms with Crippen molar-refractivity contribution in [3.8, 4) is 0 Å². The smallest absolute Gasteiger partial charge is 0.245 e. The quantitative estimate of drug-likeness (QED) is 0.172. The topological polar surface area (TPSA) is 166 Å². The Kier molecular flexibility index (Phi) is 13.1. The number of rotatable bonds is 17. The third kappa shape index (κ3) is 11.2. The Balaban J connectivity index is 2.16. The molecule has 5 N–H and O–H groups in total. The van der Waals surface area contributed by atoms with Gasteiger partial charge < -0.3 is 31.1 Å². The van der Waals surface area contributed by atoms with Crippen molar-refractivity contribution < 1.29 is 33.8 Å². The normalized spacial score (nSPS) is 19.7.